The maximum atomic E-state index is 13.6. The highest BCUT2D eigenvalue weighted by Gasteiger charge is 2.54. The van der Waals surface area contributed by atoms with Crippen LogP contribution in [0.25, 0.3) is 5.65 Å². The maximum absolute atomic E-state index is 13.6. The number of carbonyl (C=O) groups is 1. The van der Waals surface area contributed by atoms with Gasteiger partial charge in [-0.1, -0.05) is 30.3 Å². The van der Waals surface area contributed by atoms with Gasteiger partial charge in [0.1, 0.15) is 5.56 Å². The van der Waals surface area contributed by atoms with Crippen molar-refractivity contribution in [3.05, 3.63) is 66.1 Å². The number of fused-ring (bicyclic) bond motifs is 3. The molecule has 0 aliphatic carbocycles. The highest BCUT2D eigenvalue weighted by molar-refractivity contribution is 6.00. The summed E-state index contributed by atoms with van der Waals surface area (Å²) in [6.45, 7) is 3.10. The number of aromatic nitrogens is 3. The van der Waals surface area contributed by atoms with Gasteiger partial charge >= 0.3 is 0 Å². The molecule has 142 valence electrons. The molecule has 4 fully saturated rings. The van der Waals surface area contributed by atoms with E-state index >= 15 is 0 Å². The van der Waals surface area contributed by atoms with Crippen molar-refractivity contribution in [3.8, 4) is 0 Å². The topological polar surface area (TPSA) is 53.7 Å². The van der Waals surface area contributed by atoms with Crippen LogP contribution in [0.15, 0.2) is 55.0 Å². The van der Waals surface area contributed by atoms with Crippen molar-refractivity contribution in [2.75, 3.05) is 19.6 Å². The van der Waals surface area contributed by atoms with Crippen LogP contribution in [-0.2, 0) is 0 Å². The molecule has 2 bridgehead atoms. The standard InChI is InChI=1S/C22H23N5O/c28-22(17-13-24-27-10-4-9-23-21(17)27)26-14-18(15-5-2-1-3-6-15)20-19(26)16-7-11-25(20)12-8-16/h1-6,9-10,13,16,18-20H,7-8,11-12,14H2/t18-,19+,20+/m1/s1. The van der Waals surface area contributed by atoms with Gasteiger partial charge in [0.25, 0.3) is 5.91 Å². The summed E-state index contributed by atoms with van der Waals surface area (Å²) < 4.78 is 1.69. The smallest absolute Gasteiger partial charge is 0.259 e. The Morgan fingerprint density at radius 1 is 1.04 bits per heavy atom. The molecule has 0 saturated carbocycles. The van der Waals surface area contributed by atoms with Gasteiger partial charge in [0.15, 0.2) is 5.65 Å². The average molecular weight is 373 g/mol. The van der Waals surface area contributed by atoms with Gasteiger partial charge in [-0.15, -0.1) is 0 Å². The fourth-order valence-electron chi connectivity index (χ4n) is 5.78. The van der Waals surface area contributed by atoms with Crippen LogP contribution < -0.4 is 0 Å². The zero-order chi connectivity index (χ0) is 18.7. The van der Waals surface area contributed by atoms with Gasteiger partial charge in [-0.3, -0.25) is 9.69 Å². The molecule has 0 spiro atoms. The van der Waals surface area contributed by atoms with Crippen LogP contribution in [-0.4, -0.2) is 62.0 Å². The Labute approximate surface area is 163 Å². The second-order valence-corrected chi connectivity index (χ2v) is 8.28. The number of amides is 1. The van der Waals surface area contributed by atoms with Crippen molar-refractivity contribution in [1.29, 1.82) is 0 Å². The molecule has 1 aromatic carbocycles. The Hall–Kier alpha value is -2.73. The summed E-state index contributed by atoms with van der Waals surface area (Å²) >= 11 is 0. The molecule has 1 amide bonds. The molecule has 2 aromatic heterocycles. The van der Waals surface area contributed by atoms with Crippen LogP contribution in [0, 0.1) is 5.92 Å². The molecule has 3 atom stereocenters. The molecular formula is C22H23N5O. The van der Waals surface area contributed by atoms with Crippen molar-refractivity contribution < 1.29 is 4.79 Å². The van der Waals surface area contributed by atoms with Gasteiger partial charge in [0.2, 0.25) is 0 Å². The van der Waals surface area contributed by atoms with Crippen molar-refractivity contribution in [2.24, 2.45) is 5.92 Å². The number of likely N-dealkylation sites (tertiary alicyclic amines) is 1. The molecule has 7 rings (SSSR count). The fraction of sp³-hybridized carbons (Fsp3) is 0.409. The number of rotatable bonds is 2. The molecule has 3 aromatic rings. The SMILES string of the molecule is O=C(c1cnn2cccnc12)N1C[C@H](c2ccccc2)[C@H]2[C@@H]1C1CCN2CC1. The lowest BCUT2D eigenvalue weighted by atomic mass is 9.75. The van der Waals surface area contributed by atoms with Gasteiger partial charge in [0, 0.05) is 30.9 Å². The van der Waals surface area contributed by atoms with Gasteiger partial charge in [-0.2, -0.15) is 5.10 Å². The Morgan fingerprint density at radius 3 is 2.68 bits per heavy atom. The van der Waals surface area contributed by atoms with Crippen LogP contribution in [0.1, 0.15) is 34.7 Å². The van der Waals surface area contributed by atoms with E-state index in [0.717, 1.165) is 19.6 Å². The lowest BCUT2D eigenvalue weighted by Crippen LogP contribution is -2.60. The monoisotopic (exact) mass is 373 g/mol. The lowest BCUT2D eigenvalue weighted by molar-refractivity contribution is -0.00335. The fourth-order valence-corrected chi connectivity index (χ4v) is 5.78. The van der Waals surface area contributed by atoms with Crippen LogP contribution >= 0.6 is 0 Å². The summed E-state index contributed by atoms with van der Waals surface area (Å²) in [5, 5.41) is 4.34. The quantitative estimate of drug-likeness (QED) is 0.692. The van der Waals surface area contributed by atoms with Gasteiger partial charge in [0.05, 0.1) is 12.2 Å². The molecule has 6 heterocycles. The number of carbonyl (C=O) groups excluding carboxylic acids is 1. The summed E-state index contributed by atoms with van der Waals surface area (Å²) in [6, 6.07) is 13.3. The third kappa shape index (κ3) is 2.27. The molecule has 4 saturated heterocycles. The van der Waals surface area contributed by atoms with E-state index in [0.29, 0.717) is 35.1 Å². The van der Waals surface area contributed by atoms with E-state index in [1.165, 1.54) is 18.4 Å². The Balaban J connectivity index is 1.42. The van der Waals surface area contributed by atoms with E-state index in [-0.39, 0.29) is 5.91 Å². The minimum Gasteiger partial charge on any atom is -0.333 e. The molecule has 0 unspecified atom stereocenters. The van der Waals surface area contributed by atoms with Gasteiger partial charge in [-0.05, 0) is 43.5 Å². The van der Waals surface area contributed by atoms with E-state index in [4.69, 9.17) is 0 Å². The summed E-state index contributed by atoms with van der Waals surface area (Å²) in [4.78, 5) is 22.8. The number of nitrogens with zero attached hydrogens (tertiary/aromatic N) is 5. The van der Waals surface area contributed by atoms with Crippen LogP contribution in [0.3, 0.4) is 0 Å². The first kappa shape index (κ1) is 16.2. The normalized spacial score (nSPS) is 31.3. The van der Waals surface area contributed by atoms with Crippen molar-refractivity contribution in [1.82, 2.24) is 24.4 Å². The first-order valence-corrected chi connectivity index (χ1v) is 10.2. The molecule has 6 heteroatoms. The Bertz CT molecular complexity index is 1020. The molecule has 0 N–H and O–H groups in total. The molecule has 0 radical (unpaired) electrons. The molecule has 4 aliphatic heterocycles. The predicted molar refractivity (Wildman–Crippen MR) is 105 cm³/mol. The lowest BCUT2D eigenvalue weighted by Gasteiger charge is -2.51. The first-order valence-electron chi connectivity index (χ1n) is 10.2. The van der Waals surface area contributed by atoms with Crippen molar-refractivity contribution >= 4 is 11.6 Å². The number of hydrogen-bond donors (Lipinski definition) is 0. The predicted octanol–water partition coefficient (Wildman–Crippen LogP) is 2.43. The first-order chi connectivity index (χ1) is 13.8. The van der Waals surface area contributed by atoms with Crippen molar-refractivity contribution in [3.63, 3.8) is 0 Å². The molecule has 6 nitrogen and oxygen atoms in total. The minimum atomic E-state index is 0.0795. The Kier molecular flexibility index (Phi) is 3.56. The van der Waals surface area contributed by atoms with Crippen molar-refractivity contribution in [2.45, 2.75) is 30.8 Å². The minimum absolute atomic E-state index is 0.0795. The third-order valence-corrected chi connectivity index (χ3v) is 6.99. The van der Waals surface area contributed by atoms with E-state index in [9.17, 15) is 4.79 Å². The van der Waals surface area contributed by atoms with E-state index in [2.05, 4.69) is 50.2 Å². The Morgan fingerprint density at radius 2 is 1.86 bits per heavy atom. The van der Waals surface area contributed by atoms with E-state index < -0.39 is 0 Å². The highest BCUT2D eigenvalue weighted by Crippen LogP contribution is 2.47. The molecular weight excluding hydrogens is 350 g/mol. The van der Waals surface area contributed by atoms with Gasteiger partial charge in [-0.25, -0.2) is 9.50 Å². The summed E-state index contributed by atoms with van der Waals surface area (Å²) in [6.07, 6.45) is 7.63. The zero-order valence-electron chi connectivity index (χ0n) is 15.7. The largest absolute Gasteiger partial charge is 0.333 e. The van der Waals surface area contributed by atoms with Gasteiger partial charge < -0.3 is 4.90 Å². The summed E-state index contributed by atoms with van der Waals surface area (Å²) in [7, 11) is 0. The molecule has 28 heavy (non-hydrogen) atoms. The third-order valence-electron chi connectivity index (χ3n) is 6.99. The number of benzene rings is 1. The second-order valence-electron chi connectivity index (χ2n) is 8.28. The summed E-state index contributed by atoms with van der Waals surface area (Å²) in [5.74, 6) is 1.05. The highest BCUT2D eigenvalue weighted by atomic mass is 16.2. The van der Waals surface area contributed by atoms with Crippen LogP contribution in [0.4, 0.5) is 0 Å². The number of piperidine rings is 3. The zero-order valence-corrected chi connectivity index (χ0v) is 15.7. The molecule has 4 aliphatic rings. The van der Waals surface area contributed by atoms with Crippen LogP contribution in [0.2, 0.25) is 0 Å². The van der Waals surface area contributed by atoms with Crippen LogP contribution in [0.5, 0.6) is 0 Å². The summed E-state index contributed by atoms with van der Waals surface area (Å²) in [5.41, 5.74) is 2.61. The maximum Gasteiger partial charge on any atom is 0.259 e. The van der Waals surface area contributed by atoms with E-state index in [1.807, 2.05) is 12.3 Å². The second kappa shape index (κ2) is 6.14. The number of hydrogen-bond acceptors (Lipinski definition) is 4. The average Bonchev–Trinajstić information content (AvgIpc) is 3.38. The van der Waals surface area contributed by atoms with E-state index in [1.54, 1.807) is 16.9 Å².